The number of carboxylic acid groups (broad SMARTS) is 2. The maximum Gasteiger partial charge on any atom is 0.317 e. The van der Waals surface area contributed by atoms with Gasteiger partial charge in [0.2, 0.25) is 11.8 Å². The molecule has 0 bridgehead atoms. The van der Waals surface area contributed by atoms with Crippen LogP contribution in [0.1, 0.15) is 12.8 Å². The van der Waals surface area contributed by atoms with Gasteiger partial charge in [0.15, 0.2) is 0 Å². The number of aliphatic hydroxyl groups is 4. The van der Waals surface area contributed by atoms with Crippen molar-refractivity contribution >= 4 is 23.8 Å². The third-order valence-corrected chi connectivity index (χ3v) is 4.30. The molecule has 30 heavy (non-hydrogen) atoms. The molecule has 2 amide bonds. The summed E-state index contributed by atoms with van der Waals surface area (Å²) in [4.78, 5) is 48.0. The monoisotopic (exact) mass is 438 g/mol. The Morgan fingerprint density at radius 1 is 0.700 bits per heavy atom. The predicted octanol–water partition coefficient (Wildman–Crippen LogP) is -5.05. The Balaban J connectivity index is 5.62. The topological polar surface area (TPSA) is 248 Å². The van der Waals surface area contributed by atoms with Crippen LogP contribution in [0.5, 0.6) is 0 Å². The van der Waals surface area contributed by atoms with Crippen LogP contribution in [0.15, 0.2) is 0 Å². The van der Waals surface area contributed by atoms with Crippen LogP contribution < -0.4 is 11.5 Å². The van der Waals surface area contributed by atoms with Gasteiger partial charge in [-0.15, -0.1) is 0 Å². The summed E-state index contributed by atoms with van der Waals surface area (Å²) in [5, 5.41) is 55.4. The molecule has 0 aliphatic heterocycles. The summed E-state index contributed by atoms with van der Waals surface area (Å²) in [6.07, 6.45) is -3.46. The van der Waals surface area contributed by atoms with E-state index in [1.54, 1.807) is 0 Å². The highest BCUT2D eigenvalue weighted by molar-refractivity contribution is 5.81. The van der Waals surface area contributed by atoms with Gasteiger partial charge in [-0.25, -0.2) is 0 Å². The van der Waals surface area contributed by atoms with Crippen molar-refractivity contribution in [3.8, 4) is 0 Å². The van der Waals surface area contributed by atoms with Crippen LogP contribution in [0.25, 0.3) is 0 Å². The van der Waals surface area contributed by atoms with Crippen molar-refractivity contribution in [2.45, 2.75) is 37.1 Å². The third kappa shape index (κ3) is 10.4. The smallest absolute Gasteiger partial charge is 0.317 e. The zero-order chi connectivity index (χ0) is 23.4. The fourth-order valence-electron chi connectivity index (χ4n) is 2.85. The van der Waals surface area contributed by atoms with Crippen LogP contribution in [-0.2, 0) is 19.2 Å². The van der Waals surface area contributed by atoms with Gasteiger partial charge in [-0.3, -0.25) is 29.0 Å². The van der Waals surface area contributed by atoms with Crippen molar-refractivity contribution in [1.82, 2.24) is 9.80 Å². The number of carbonyl (C=O) groups is 4. The standard InChI is InChI=1S/C16H30N4O10/c17-15(29)11(3-9(23)7-21)19(5-13(25)26)1-2-20(6-14(27)28)12(16(18)30)4-10(24)8-22/h9-12,21-24H,1-8H2,(H2,17,29)(H2,18,30)(H,25,26)(H,27,28). The number of amides is 2. The molecular weight excluding hydrogens is 408 g/mol. The molecule has 0 rings (SSSR count). The lowest BCUT2D eigenvalue weighted by Crippen LogP contribution is -2.54. The normalized spacial score (nSPS) is 15.5. The van der Waals surface area contributed by atoms with E-state index in [0.717, 1.165) is 9.80 Å². The molecule has 0 aliphatic rings. The average Bonchev–Trinajstić information content (AvgIpc) is 2.64. The van der Waals surface area contributed by atoms with Crippen molar-refractivity contribution < 1.29 is 49.8 Å². The van der Waals surface area contributed by atoms with E-state index < -0.39 is 74.3 Å². The van der Waals surface area contributed by atoms with E-state index in [9.17, 15) is 29.4 Å². The molecule has 0 aromatic rings. The maximum atomic E-state index is 11.8. The SMILES string of the molecule is NC(=O)C(CC(O)CO)N(CCN(CC(=O)O)C(CC(O)CO)C(N)=O)CC(=O)O. The Labute approximate surface area is 172 Å². The van der Waals surface area contributed by atoms with Crippen molar-refractivity contribution in [2.75, 3.05) is 39.4 Å². The summed E-state index contributed by atoms with van der Waals surface area (Å²) in [7, 11) is 0. The summed E-state index contributed by atoms with van der Waals surface area (Å²) in [5.41, 5.74) is 10.6. The van der Waals surface area contributed by atoms with Crippen LogP contribution in [0.2, 0.25) is 0 Å². The molecule has 14 heteroatoms. The lowest BCUT2D eigenvalue weighted by Gasteiger charge is -2.34. The molecule has 0 radical (unpaired) electrons. The average molecular weight is 438 g/mol. The van der Waals surface area contributed by atoms with Gasteiger partial charge < -0.3 is 42.1 Å². The Morgan fingerprint density at radius 2 is 1.00 bits per heavy atom. The molecule has 0 fully saturated rings. The maximum absolute atomic E-state index is 11.8. The van der Waals surface area contributed by atoms with Crippen LogP contribution in [-0.4, -0.2) is 128 Å². The van der Waals surface area contributed by atoms with Gasteiger partial charge in [0.05, 0.1) is 50.6 Å². The minimum Gasteiger partial charge on any atom is -0.480 e. The summed E-state index contributed by atoms with van der Waals surface area (Å²) in [6.45, 7) is -3.34. The van der Waals surface area contributed by atoms with Gasteiger partial charge in [-0.05, 0) is 0 Å². The number of carboxylic acids is 2. The summed E-state index contributed by atoms with van der Waals surface area (Å²) >= 11 is 0. The molecule has 0 saturated heterocycles. The second kappa shape index (κ2) is 13.8. The van der Waals surface area contributed by atoms with E-state index in [1.165, 1.54) is 0 Å². The Hall–Kier alpha value is -2.36. The van der Waals surface area contributed by atoms with Crippen LogP contribution in [0.3, 0.4) is 0 Å². The largest absolute Gasteiger partial charge is 0.480 e. The van der Waals surface area contributed by atoms with E-state index in [0.29, 0.717) is 0 Å². The highest BCUT2D eigenvalue weighted by Crippen LogP contribution is 2.12. The summed E-state index contributed by atoms with van der Waals surface area (Å²) < 4.78 is 0. The first kappa shape index (κ1) is 27.6. The number of rotatable bonds is 17. The first-order valence-corrected chi connectivity index (χ1v) is 9.01. The number of hydrogen-bond donors (Lipinski definition) is 8. The van der Waals surface area contributed by atoms with E-state index in [1.807, 2.05) is 0 Å². The molecule has 0 heterocycles. The van der Waals surface area contributed by atoms with Crippen molar-refractivity contribution in [3.05, 3.63) is 0 Å². The van der Waals surface area contributed by atoms with E-state index in [2.05, 4.69) is 0 Å². The van der Waals surface area contributed by atoms with Crippen LogP contribution in [0.4, 0.5) is 0 Å². The molecule has 0 aromatic carbocycles. The Bertz CT molecular complexity index is 540. The molecule has 0 aliphatic carbocycles. The minimum atomic E-state index is -1.35. The van der Waals surface area contributed by atoms with Crippen LogP contribution in [0, 0.1) is 0 Å². The van der Waals surface area contributed by atoms with Gasteiger partial charge in [0.1, 0.15) is 0 Å². The van der Waals surface area contributed by atoms with Gasteiger partial charge in [0.25, 0.3) is 0 Å². The third-order valence-electron chi connectivity index (χ3n) is 4.30. The molecule has 4 unspecified atom stereocenters. The zero-order valence-electron chi connectivity index (χ0n) is 16.3. The number of primary amides is 2. The Morgan fingerprint density at radius 3 is 1.20 bits per heavy atom. The lowest BCUT2D eigenvalue weighted by molar-refractivity contribution is -0.143. The fourth-order valence-corrected chi connectivity index (χ4v) is 2.85. The molecule has 0 saturated carbocycles. The highest BCUT2D eigenvalue weighted by atomic mass is 16.4. The van der Waals surface area contributed by atoms with Gasteiger partial charge in [-0.2, -0.15) is 0 Å². The molecule has 14 nitrogen and oxygen atoms in total. The van der Waals surface area contributed by atoms with E-state index >= 15 is 0 Å². The number of carbonyl (C=O) groups excluding carboxylic acids is 2. The summed E-state index contributed by atoms with van der Waals surface area (Å²) in [6, 6.07) is -2.60. The molecule has 0 aromatic heterocycles. The quantitative estimate of drug-likeness (QED) is 0.106. The first-order chi connectivity index (χ1) is 13.9. The fraction of sp³-hybridized carbons (Fsp3) is 0.750. The van der Waals surface area contributed by atoms with Crippen molar-refractivity contribution in [1.29, 1.82) is 0 Å². The number of nitrogens with zero attached hydrogens (tertiary/aromatic N) is 2. The predicted molar refractivity (Wildman–Crippen MR) is 99.8 cm³/mol. The first-order valence-electron chi connectivity index (χ1n) is 9.01. The molecular formula is C16H30N4O10. The molecule has 10 N–H and O–H groups in total. The number of hydrogen-bond acceptors (Lipinski definition) is 10. The van der Waals surface area contributed by atoms with Crippen molar-refractivity contribution in [3.63, 3.8) is 0 Å². The van der Waals surface area contributed by atoms with E-state index in [-0.39, 0.29) is 25.9 Å². The molecule has 0 spiro atoms. The van der Waals surface area contributed by atoms with E-state index in [4.69, 9.17) is 31.9 Å². The van der Waals surface area contributed by atoms with Gasteiger partial charge >= 0.3 is 11.9 Å². The number of aliphatic hydroxyl groups excluding tert-OH is 4. The Kier molecular flexibility index (Phi) is 12.7. The zero-order valence-corrected chi connectivity index (χ0v) is 16.3. The van der Waals surface area contributed by atoms with Gasteiger partial charge in [-0.1, -0.05) is 0 Å². The number of nitrogens with two attached hydrogens (primary N) is 2. The second-order valence-electron chi connectivity index (χ2n) is 6.71. The van der Waals surface area contributed by atoms with Gasteiger partial charge in [0, 0.05) is 25.9 Å². The summed E-state index contributed by atoms with van der Waals surface area (Å²) in [5.74, 6) is -4.63. The minimum absolute atomic E-state index is 0.273. The highest BCUT2D eigenvalue weighted by Gasteiger charge is 2.32. The molecule has 4 atom stereocenters. The number of aliphatic carboxylic acids is 2. The second-order valence-corrected chi connectivity index (χ2v) is 6.71. The lowest BCUT2D eigenvalue weighted by atomic mass is 10.1. The van der Waals surface area contributed by atoms with Crippen LogP contribution >= 0.6 is 0 Å². The van der Waals surface area contributed by atoms with Crippen molar-refractivity contribution in [2.24, 2.45) is 11.5 Å². The molecule has 174 valence electrons.